The summed E-state index contributed by atoms with van der Waals surface area (Å²) in [5.41, 5.74) is 4.16. The number of aromatic amines is 1. The molecule has 1 aromatic heterocycles. The van der Waals surface area contributed by atoms with Crippen LogP contribution in [-0.2, 0) is 22.4 Å². The first kappa shape index (κ1) is 19.5. The second-order valence-corrected chi connectivity index (χ2v) is 8.26. The summed E-state index contributed by atoms with van der Waals surface area (Å²) in [5, 5.41) is 1.10. The lowest BCUT2D eigenvalue weighted by Gasteiger charge is -2.30. The fourth-order valence-corrected chi connectivity index (χ4v) is 4.18. The molecule has 0 aliphatic heterocycles. The van der Waals surface area contributed by atoms with Gasteiger partial charge in [-0.15, -0.1) is 0 Å². The molecule has 0 bridgehead atoms. The highest BCUT2D eigenvalue weighted by Crippen LogP contribution is 2.32. The van der Waals surface area contributed by atoms with Crippen molar-refractivity contribution in [2.75, 3.05) is 6.61 Å². The lowest BCUT2D eigenvalue weighted by molar-refractivity contribution is -0.138. The summed E-state index contributed by atoms with van der Waals surface area (Å²) < 4.78 is 5.32. The van der Waals surface area contributed by atoms with E-state index in [4.69, 9.17) is 4.74 Å². The lowest BCUT2D eigenvalue weighted by Crippen LogP contribution is -2.44. The number of fused-ring (bicyclic) bond motifs is 3. The molecule has 1 aliphatic carbocycles. The van der Waals surface area contributed by atoms with Gasteiger partial charge in [0.25, 0.3) is 5.91 Å². The van der Waals surface area contributed by atoms with E-state index in [9.17, 15) is 9.59 Å². The molecule has 5 nitrogen and oxygen atoms in total. The number of carbonyl (C=O) groups is 2. The fraction of sp³-hybridized carbons (Fsp3) is 0.545. The molecular weight excluding hydrogens is 340 g/mol. The number of nitrogens with one attached hydrogen (secondary N) is 1. The summed E-state index contributed by atoms with van der Waals surface area (Å²) in [6, 6.07) is 5.74. The molecule has 1 aromatic carbocycles. The van der Waals surface area contributed by atoms with Crippen LogP contribution in [0, 0.1) is 5.92 Å². The van der Waals surface area contributed by atoms with Gasteiger partial charge in [-0.3, -0.25) is 4.79 Å². The van der Waals surface area contributed by atoms with Crippen LogP contribution in [0.25, 0.3) is 10.9 Å². The highest BCUT2D eigenvalue weighted by Gasteiger charge is 2.23. The molecule has 0 radical (unpaired) electrons. The van der Waals surface area contributed by atoms with Crippen LogP contribution >= 0.6 is 0 Å². The number of nitrogens with zero attached hydrogens (tertiary/aromatic N) is 1. The number of benzene rings is 1. The zero-order chi connectivity index (χ0) is 19.7. The summed E-state index contributed by atoms with van der Waals surface area (Å²) in [6.45, 7) is 9.89. The lowest BCUT2D eigenvalue weighted by atomic mass is 9.87. The summed E-state index contributed by atoms with van der Waals surface area (Å²) in [5.74, 6) is 0.0431. The molecule has 1 heterocycles. The van der Waals surface area contributed by atoms with Crippen LogP contribution < -0.4 is 0 Å². The molecule has 0 saturated heterocycles. The van der Waals surface area contributed by atoms with E-state index in [2.05, 4.69) is 11.9 Å². The quantitative estimate of drug-likeness (QED) is 0.806. The monoisotopic (exact) mass is 370 g/mol. The van der Waals surface area contributed by atoms with Crippen molar-refractivity contribution >= 4 is 22.8 Å². The highest BCUT2D eigenvalue weighted by molar-refractivity contribution is 5.97. The standard InChI is InChI=1S/C22H30N2O3/c1-13(2)24(14(3)4)21(25)12-27-22(26)16-7-9-20-18(11-16)17-10-15(5)6-8-19(17)23-20/h7,9,11,13-15,23H,6,8,10,12H2,1-5H3. The van der Waals surface area contributed by atoms with Gasteiger partial charge in [0.2, 0.25) is 0 Å². The molecule has 27 heavy (non-hydrogen) atoms. The van der Waals surface area contributed by atoms with Crippen molar-refractivity contribution in [1.29, 1.82) is 0 Å². The van der Waals surface area contributed by atoms with Gasteiger partial charge in [0.05, 0.1) is 5.56 Å². The van der Waals surface area contributed by atoms with Crippen molar-refractivity contribution in [3.8, 4) is 0 Å². The van der Waals surface area contributed by atoms with Gasteiger partial charge in [-0.25, -0.2) is 4.79 Å². The number of aryl methyl sites for hydroxylation is 1. The zero-order valence-electron chi connectivity index (χ0n) is 17.0. The largest absolute Gasteiger partial charge is 0.452 e. The minimum atomic E-state index is -0.448. The second-order valence-electron chi connectivity index (χ2n) is 8.26. The number of esters is 1. The Hall–Kier alpha value is -2.30. The molecule has 0 fully saturated rings. The fourth-order valence-electron chi connectivity index (χ4n) is 4.18. The Kier molecular flexibility index (Phi) is 5.59. The molecule has 5 heteroatoms. The Bertz CT molecular complexity index is 843. The first-order valence-electron chi connectivity index (χ1n) is 9.89. The molecule has 0 spiro atoms. The van der Waals surface area contributed by atoms with Crippen LogP contribution in [0.4, 0.5) is 0 Å². The first-order valence-corrected chi connectivity index (χ1v) is 9.89. The summed E-state index contributed by atoms with van der Waals surface area (Å²) in [7, 11) is 0. The molecule has 1 unspecified atom stereocenters. The van der Waals surface area contributed by atoms with E-state index in [1.807, 2.05) is 39.8 Å². The van der Waals surface area contributed by atoms with Gasteiger partial charge in [0, 0.05) is 28.7 Å². The van der Waals surface area contributed by atoms with Gasteiger partial charge in [0.1, 0.15) is 0 Å². The van der Waals surface area contributed by atoms with E-state index in [1.165, 1.54) is 17.7 Å². The van der Waals surface area contributed by atoms with Gasteiger partial charge in [0.15, 0.2) is 6.61 Å². The minimum Gasteiger partial charge on any atom is -0.452 e. The maximum absolute atomic E-state index is 12.5. The van der Waals surface area contributed by atoms with Crippen LogP contribution in [0.15, 0.2) is 18.2 Å². The van der Waals surface area contributed by atoms with Crippen LogP contribution in [0.5, 0.6) is 0 Å². The normalized spacial score (nSPS) is 16.6. The summed E-state index contributed by atoms with van der Waals surface area (Å²) in [4.78, 5) is 30.1. The Labute approximate surface area is 161 Å². The molecule has 1 atom stereocenters. The molecule has 1 N–H and O–H groups in total. The maximum Gasteiger partial charge on any atom is 0.338 e. The summed E-state index contributed by atoms with van der Waals surface area (Å²) >= 11 is 0. The molecule has 1 aliphatic rings. The van der Waals surface area contributed by atoms with E-state index in [0.717, 1.165) is 23.7 Å². The van der Waals surface area contributed by atoms with Crippen molar-refractivity contribution in [2.24, 2.45) is 5.92 Å². The average molecular weight is 370 g/mol. The number of H-pyrrole nitrogens is 1. The van der Waals surface area contributed by atoms with E-state index in [-0.39, 0.29) is 24.6 Å². The van der Waals surface area contributed by atoms with Gasteiger partial charge in [-0.05, 0) is 76.6 Å². The number of rotatable bonds is 5. The number of amides is 1. The van der Waals surface area contributed by atoms with Crippen LogP contribution in [0.2, 0.25) is 0 Å². The number of hydrogen-bond donors (Lipinski definition) is 1. The number of carbonyl (C=O) groups excluding carboxylic acids is 2. The van der Waals surface area contributed by atoms with Gasteiger partial charge >= 0.3 is 5.97 Å². The topological polar surface area (TPSA) is 62.4 Å². The van der Waals surface area contributed by atoms with Crippen LogP contribution in [0.1, 0.15) is 62.7 Å². The Morgan fingerprint density at radius 1 is 1.22 bits per heavy atom. The molecule has 0 saturated carbocycles. The van der Waals surface area contributed by atoms with Crippen LogP contribution in [0.3, 0.4) is 0 Å². The van der Waals surface area contributed by atoms with Crippen molar-refractivity contribution < 1.29 is 14.3 Å². The average Bonchev–Trinajstić information content (AvgIpc) is 2.96. The van der Waals surface area contributed by atoms with Gasteiger partial charge < -0.3 is 14.6 Å². The smallest absolute Gasteiger partial charge is 0.338 e. The second kappa shape index (κ2) is 7.75. The first-order chi connectivity index (χ1) is 12.8. The molecule has 1 amide bonds. The van der Waals surface area contributed by atoms with E-state index in [0.29, 0.717) is 11.5 Å². The summed E-state index contributed by atoms with van der Waals surface area (Å²) in [6.07, 6.45) is 3.28. The predicted molar refractivity (Wildman–Crippen MR) is 107 cm³/mol. The molecule has 146 valence electrons. The Morgan fingerprint density at radius 3 is 2.59 bits per heavy atom. The number of aromatic nitrogens is 1. The van der Waals surface area contributed by atoms with E-state index >= 15 is 0 Å². The zero-order valence-corrected chi connectivity index (χ0v) is 17.0. The molecular formula is C22H30N2O3. The SMILES string of the molecule is CC1CCc2[nH]c3ccc(C(=O)OCC(=O)N(C(C)C)C(C)C)cc3c2C1. The van der Waals surface area contributed by atoms with E-state index in [1.54, 1.807) is 11.0 Å². The molecule has 3 rings (SSSR count). The number of ether oxygens (including phenoxy) is 1. The molecule has 2 aromatic rings. The third kappa shape index (κ3) is 4.02. The van der Waals surface area contributed by atoms with Gasteiger partial charge in [-0.1, -0.05) is 6.92 Å². The van der Waals surface area contributed by atoms with Crippen molar-refractivity contribution in [1.82, 2.24) is 9.88 Å². The predicted octanol–water partition coefficient (Wildman–Crippen LogP) is 4.09. The van der Waals surface area contributed by atoms with E-state index < -0.39 is 5.97 Å². The van der Waals surface area contributed by atoms with Crippen molar-refractivity contribution in [3.63, 3.8) is 0 Å². The Morgan fingerprint density at radius 2 is 1.93 bits per heavy atom. The Balaban J connectivity index is 1.74. The van der Waals surface area contributed by atoms with Crippen molar-refractivity contribution in [3.05, 3.63) is 35.0 Å². The van der Waals surface area contributed by atoms with Crippen molar-refractivity contribution in [2.45, 2.75) is 66.0 Å². The van der Waals surface area contributed by atoms with Crippen LogP contribution in [-0.4, -0.2) is 40.5 Å². The third-order valence-electron chi connectivity index (χ3n) is 5.40. The third-order valence-corrected chi connectivity index (χ3v) is 5.40. The maximum atomic E-state index is 12.5. The number of hydrogen-bond acceptors (Lipinski definition) is 3. The minimum absolute atomic E-state index is 0.0703. The highest BCUT2D eigenvalue weighted by atomic mass is 16.5. The van der Waals surface area contributed by atoms with Gasteiger partial charge in [-0.2, -0.15) is 0 Å².